The molecular weight excluding hydrogens is 382 g/mol. The van der Waals surface area contributed by atoms with Crippen LogP contribution in [0.25, 0.3) is 10.9 Å². The monoisotopic (exact) mass is 399 g/mol. The minimum atomic E-state index is -0.115. The molecule has 0 spiro atoms. The summed E-state index contributed by atoms with van der Waals surface area (Å²) < 4.78 is 1.51. The maximum Gasteiger partial charge on any atom is 0.261 e. The highest BCUT2D eigenvalue weighted by molar-refractivity contribution is 7.99. The Kier molecular flexibility index (Phi) is 5.18. The molecule has 2 aromatic carbocycles. The Labute approximate surface area is 166 Å². The van der Waals surface area contributed by atoms with Crippen molar-refractivity contribution in [2.24, 2.45) is 0 Å². The van der Waals surface area contributed by atoms with Crippen LogP contribution in [0.1, 0.15) is 17.4 Å². The molecule has 2 heterocycles. The van der Waals surface area contributed by atoms with E-state index in [1.54, 1.807) is 17.8 Å². The van der Waals surface area contributed by atoms with Crippen LogP contribution < -0.4 is 5.56 Å². The number of hydrogen-bond donors (Lipinski definition) is 0. The normalized spacial score (nSPS) is 16.8. The third kappa shape index (κ3) is 3.73. The first-order valence-electron chi connectivity index (χ1n) is 8.74. The van der Waals surface area contributed by atoms with E-state index in [1.165, 1.54) is 10.9 Å². The molecule has 27 heavy (non-hydrogen) atoms. The van der Waals surface area contributed by atoms with Crippen molar-refractivity contribution >= 4 is 40.2 Å². The van der Waals surface area contributed by atoms with E-state index in [4.69, 9.17) is 11.6 Å². The third-order valence-corrected chi connectivity index (χ3v) is 6.14. The number of carbonyl (C=O) groups is 1. The lowest BCUT2D eigenvalue weighted by atomic mass is 10.2. The number of nitrogens with zero attached hydrogens (tertiary/aromatic N) is 3. The fourth-order valence-corrected chi connectivity index (χ4v) is 4.75. The number of amides is 1. The van der Waals surface area contributed by atoms with Crippen LogP contribution in [0, 0.1) is 0 Å². The Bertz CT molecular complexity index is 1050. The standard InChI is InChI=1S/C20H18ClN3O2S/c21-15-5-3-4-14(12-15)20-24(10-11-27-20)18(25)8-9-23-13-22-17-7-2-1-6-16(17)19(23)26/h1-7,12-13,20H,8-11H2. The molecule has 0 aliphatic carbocycles. The van der Waals surface area contributed by atoms with E-state index in [0.717, 1.165) is 11.3 Å². The van der Waals surface area contributed by atoms with Crippen LogP contribution in [-0.2, 0) is 11.3 Å². The van der Waals surface area contributed by atoms with Crippen molar-refractivity contribution in [1.29, 1.82) is 0 Å². The van der Waals surface area contributed by atoms with Gasteiger partial charge in [0.05, 0.1) is 17.2 Å². The SMILES string of the molecule is O=C(CCn1cnc2ccccc2c1=O)N1CCSC1c1cccc(Cl)c1. The molecule has 0 N–H and O–H groups in total. The summed E-state index contributed by atoms with van der Waals surface area (Å²) >= 11 is 7.83. The second kappa shape index (κ2) is 7.74. The van der Waals surface area contributed by atoms with E-state index >= 15 is 0 Å². The van der Waals surface area contributed by atoms with Gasteiger partial charge in [0, 0.05) is 30.3 Å². The zero-order valence-electron chi connectivity index (χ0n) is 14.5. The van der Waals surface area contributed by atoms with Crippen molar-refractivity contribution in [3.05, 3.63) is 75.8 Å². The minimum Gasteiger partial charge on any atom is -0.326 e. The predicted octanol–water partition coefficient (Wildman–Crippen LogP) is 3.71. The number of carbonyl (C=O) groups excluding carboxylic acids is 1. The summed E-state index contributed by atoms with van der Waals surface area (Å²) in [7, 11) is 0. The summed E-state index contributed by atoms with van der Waals surface area (Å²) in [5.41, 5.74) is 1.58. The first-order chi connectivity index (χ1) is 13.1. The summed E-state index contributed by atoms with van der Waals surface area (Å²) in [6, 6.07) is 14.9. The van der Waals surface area contributed by atoms with E-state index in [9.17, 15) is 9.59 Å². The fourth-order valence-electron chi connectivity index (χ4n) is 3.29. The molecule has 7 heteroatoms. The Balaban J connectivity index is 1.49. The van der Waals surface area contributed by atoms with Crippen molar-refractivity contribution in [2.75, 3.05) is 12.3 Å². The molecule has 1 saturated heterocycles. The summed E-state index contributed by atoms with van der Waals surface area (Å²) in [5.74, 6) is 0.922. The Morgan fingerprint density at radius 2 is 2.07 bits per heavy atom. The first kappa shape index (κ1) is 18.1. The lowest BCUT2D eigenvalue weighted by Gasteiger charge is -2.24. The molecule has 1 unspecified atom stereocenters. The molecule has 1 amide bonds. The molecule has 138 valence electrons. The molecule has 1 aliphatic rings. The second-order valence-electron chi connectivity index (χ2n) is 6.38. The molecule has 1 aliphatic heterocycles. The van der Waals surface area contributed by atoms with Gasteiger partial charge in [-0.05, 0) is 29.8 Å². The number of benzene rings is 2. The lowest BCUT2D eigenvalue weighted by molar-refractivity contribution is -0.131. The smallest absolute Gasteiger partial charge is 0.261 e. The van der Waals surface area contributed by atoms with Crippen molar-refractivity contribution in [3.63, 3.8) is 0 Å². The highest BCUT2D eigenvalue weighted by atomic mass is 35.5. The first-order valence-corrected chi connectivity index (χ1v) is 10.2. The van der Waals surface area contributed by atoms with Gasteiger partial charge in [0.25, 0.3) is 5.56 Å². The molecule has 1 fully saturated rings. The van der Waals surface area contributed by atoms with Crippen LogP contribution in [-0.4, -0.2) is 32.7 Å². The molecule has 1 aromatic heterocycles. The van der Waals surface area contributed by atoms with Gasteiger partial charge in [0.2, 0.25) is 5.91 Å². The van der Waals surface area contributed by atoms with Crippen LogP contribution in [0.4, 0.5) is 0 Å². The summed E-state index contributed by atoms with van der Waals surface area (Å²) in [5, 5.41) is 1.21. The van der Waals surface area contributed by atoms with Crippen molar-refractivity contribution in [1.82, 2.24) is 14.5 Å². The summed E-state index contributed by atoms with van der Waals surface area (Å²) in [6.07, 6.45) is 1.78. The Hall–Kier alpha value is -2.31. The number of rotatable bonds is 4. The van der Waals surface area contributed by atoms with Gasteiger partial charge in [-0.25, -0.2) is 4.98 Å². The van der Waals surface area contributed by atoms with E-state index in [0.29, 0.717) is 29.0 Å². The highest BCUT2D eigenvalue weighted by Crippen LogP contribution is 2.38. The van der Waals surface area contributed by atoms with Gasteiger partial charge < -0.3 is 4.90 Å². The number of aryl methyl sites for hydroxylation is 1. The Morgan fingerprint density at radius 1 is 1.22 bits per heavy atom. The minimum absolute atomic E-state index is 0.0253. The molecule has 0 bridgehead atoms. The van der Waals surface area contributed by atoms with Gasteiger partial charge in [-0.2, -0.15) is 0 Å². The van der Waals surface area contributed by atoms with Gasteiger partial charge in [0.1, 0.15) is 5.37 Å². The topological polar surface area (TPSA) is 55.2 Å². The van der Waals surface area contributed by atoms with Crippen LogP contribution in [0.15, 0.2) is 59.7 Å². The number of para-hydroxylation sites is 1. The van der Waals surface area contributed by atoms with Crippen LogP contribution in [0.2, 0.25) is 5.02 Å². The van der Waals surface area contributed by atoms with E-state index in [2.05, 4.69) is 4.98 Å². The zero-order chi connectivity index (χ0) is 18.8. The van der Waals surface area contributed by atoms with E-state index in [1.807, 2.05) is 47.4 Å². The molecule has 0 radical (unpaired) electrons. The average Bonchev–Trinajstić information content (AvgIpc) is 3.17. The van der Waals surface area contributed by atoms with Gasteiger partial charge >= 0.3 is 0 Å². The van der Waals surface area contributed by atoms with E-state index < -0.39 is 0 Å². The largest absolute Gasteiger partial charge is 0.326 e. The van der Waals surface area contributed by atoms with Crippen molar-refractivity contribution in [2.45, 2.75) is 18.3 Å². The maximum absolute atomic E-state index is 12.8. The van der Waals surface area contributed by atoms with Gasteiger partial charge in [-0.3, -0.25) is 14.2 Å². The number of aromatic nitrogens is 2. The van der Waals surface area contributed by atoms with Gasteiger partial charge in [-0.1, -0.05) is 35.9 Å². The van der Waals surface area contributed by atoms with E-state index in [-0.39, 0.29) is 23.3 Å². The number of halogens is 1. The predicted molar refractivity (Wildman–Crippen MR) is 109 cm³/mol. The molecule has 1 atom stereocenters. The van der Waals surface area contributed by atoms with Crippen molar-refractivity contribution in [3.8, 4) is 0 Å². The molecule has 0 saturated carbocycles. The van der Waals surface area contributed by atoms with Crippen molar-refractivity contribution < 1.29 is 4.79 Å². The zero-order valence-corrected chi connectivity index (χ0v) is 16.1. The molecule has 4 rings (SSSR count). The molecule has 5 nitrogen and oxygen atoms in total. The second-order valence-corrected chi connectivity index (χ2v) is 8.00. The molecular formula is C20H18ClN3O2S. The van der Waals surface area contributed by atoms with Crippen LogP contribution in [0.3, 0.4) is 0 Å². The van der Waals surface area contributed by atoms with Gasteiger partial charge in [-0.15, -0.1) is 11.8 Å². The maximum atomic E-state index is 12.8. The van der Waals surface area contributed by atoms with Gasteiger partial charge in [0.15, 0.2) is 0 Å². The molecule has 3 aromatic rings. The average molecular weight is 400 g/mol. The fraction of sp³-hybridized carbons (Fsp3) is 0.250. The number of hydrogen-bond acceptors (Lipinski definition) is 4. The number of fused-ring (bicyclic) bond motifs is 1. The summed E-state index contributed by atoms with van der Waals surface area (Å²) in [6.45, 7) is 1.02. The van der Waals surface area contributed by atoms with Crippen LogP contribution >= 0.6 is 23.4 Å². The quantitative estimate of drug-likeness (QED) is 0.671. The third-order valence-electron chi connectivity index (χ3n) is 4.64. The highest BCUT2D eigenvalue weighted by Gasteiger charge is 2.30. The Morgan fingerprint density at radius 3 is 2.93 bits per heavy atom. The summed E-state index contributed by atoms with van der Waals surface area (Å²) in [4.78, 5) is 31.6. The lowest BCUT2D eigenvalue weighted by Crippen LogP contribution is -2.32. The van der Waals surface area contributed by atoms with Crippen LogP contribution in [0.5, 0.6) is 0 Å². The number of thioether (sulfide) groups is 1.